The average Bonchev–Trinajstić information content (AvgIpc) is 3.48. The SMILES string of the molecule is COc1ccc(C(=O)N(Cc2ccc(F)cc2)C2CC2)cc1S(=O)(=O)NC1CCCC1. The number of methoxy groups -OCH3 is 1. The molecular weight excluding hydrogens is 419 g/mol. The van der Waals surface area contributed by atoms with Crippen molar-refractivity contribution < 1.29 is 22.3 Å². The Morgan fingerprint density at radius 3 is 2.39 bits per heavy atom. The van der Waals surface area contributed by atoms with E-state index in [2.05, 4.69) is 4.72 Å². The van der Waals surface area contributed by atoms with Crippen LogP contribution in [0.25, 0.3) is 0 Å². The van der Waals surface area contributed by atoms with E-state index in [1.165, 1.54) is 31.4 Å². The third-order valence-electron chi connectivity index (χ3n) is 5.89. The first-order valence-corrected chi connectivity index (χ1v) is 12.1. The van der Waals surface area contributed by atoms with E-state index >= 15 is 0 Å². The molecule has 2 fully saturated rings. The number of carbonyl (C=O) groups excluding carboxylic acids is 1. The third-order valence-corrected chi connectivity index (χ3v) is 7.43. The highest BCUT2D eigenvalue weighted by Crippen LogP contribution is 2.32. The van der Waals surface area contributed by atoms with Crippen LogP contribution in [0, 0.1) is 5.82 Å². The Labute approximate surface area is 182 Å². The highest BCUT2D eigenvalue weighted by atomic mass is 32.2. The maximum Gasteiger partial charge on any atom is 0.254 e. The summed E-state index contributed by atoms with van der Waals surface area (Å²) in [7, 11) is -2.41. The molecule has 2 saturated carbocycles. The Bertz CT molecular complexity index is 1050. The number of sulfonamides is 1. The van der Waals surface area contributed by atoms with Crippen molar-refractivity contribution in [2.24, 2.45) is 0 Å². The van der Waals surface area contributed by atoms with Crippen molar-refractivity contribution in [3.8, 4) is 5.75 Å². The van der Waals surface area contributed by atoms with Crippen molar-refractivity contribution >= 4 is 15.9 Å². The number of halogens is 1. The summed E-state index contributed by atoms with van der Waals surface area (Å²) in [5.74, 6) is -0.363. The van der Waals surface area contributed by atoms with Crippen molar-refractivity contribution in [1.29, 1.82) is 0 Å². The minimum atomic E-state index is -3.82. The fourth-order valence-corrected chi connectivity index (χ4v) is 5.55. The van der Waals surface area contributed by atoms with Gasteiger partial charge >= 0.3 is 0 Å². The summed E-state index contributed by atoms with van der Waals surface area (Å²) in [5.41, 5.74) is 1.12. The Morgan fingerprint density at radius 2 is 1.77 bits per heavy atom. The van der Waals surface area contributed by atoms with Gasteiger partial charge in [0.05, 0.1) is 7.11 Å². The van der Waals surface area contributed by atoms with Crippen LogP contribution in [-0.2, 0) is 16.6 Å². The highest BCUT2D eigenvalue weighted by Gasteiger charge is 2.34. The Morgan fingerprint density at radius 1 is 1.10 bits per heavy atom. The van der Waals surface area contributed by atoms with Crippen molar-refractivity contribution in [1.82, 2.24) is 9.62 Å². The summed E-state index contributed by atoms with van der Waals surface area (Å²) in [5, 5.41) is 0. The van der Waals surface area contributed by atoms with Gasteiger partial charge in [-0.25, -0.2) is 17.5 Å². The van der Waals surface area contributed by atoms with E-state index < -0.39 is 10.0 Å². The number of hydrogen-bond donors (Lipinski definition) is 1. The standard InChI is InChI=1S/C23H27FN2O4S/c1-30-21-13-8-17(14-22(21)31(28,29)25-19-4-2-3-5-19)23(27)26(20-11-12-20)15-16-6-9-18(24)10-7-16/h6-10,13-14,19-20,25H,2-5,11-12,15H2,1H3. The summed E-state index contributed by atoms with van der Waals surface area (Å²) >= 11 is 0. The van der Waals surface area contributed by atoms with Crippen molar-refractivity contribution in [2.75, 3.05) is 7.11 Å². The van der Waals surface area contributed by atoms with Crippen LogP contribution >= 0.6 is 0 Å². The molecule has 2 aromatic rings. The van der Waals surface area contributed by atoms with E-state index in [-0.39, 0.29) is 34.5 Å². The number of ether oxygens (including phenoxy) is 1. The van der Waals surface area contributed by atoms with Gasteiger partial charge in [0.2, 0.25) is 10.0 Å². The average molecular weight is 447 g/mol. The molecule has 6 nitrogen and oxygen atoms in total. The molecule has 2 aliphatic rings. The van der Waals surface area contributed by atoms with Crippen molar-refractivity contribution in [2.45, 2.75) is 62.0 Å². The van der Waals surface area contributed by atoms with E-state index in [9.17, 15) is 17.6 Å². The van der Waals surface area contributed by atoms with Gasteiger partial charge in [0.25, 0.3) is 5.91 Å². The number of nitrogens with zero attached hydrogens (tertiary/aromatic N) is 1. The molecular formula is C23H27FN2O4S. The first-order chi connectivity index (χ1) is 14.9. The molecule has 8 heteroatoms. The molecule has 0 aromatic heterocycles. The molecule has 0 heterocycles. The third kappa shape index (κ3) is 5.07. The maximum atomic E-state index is 13.3. The topological polar surface area (TPSA) is 75.7 Å². The minimum Gasteiger partial charge on any atom is -0.495 e. The molecule has 2 aromatic carbocycles. The predicted octanol–water partition coefficient (Wildman–Crippen LogP) is 3.86. The molecule has 2 aliphatic carbocycles. The fourth-order valence-electron chi connectivity index (χ4n) is 4.05. The van der Waals surface area contributed by atoms with E-state index in [4.69, 9.17) is 4.74 Å². The Hall–Kier alpha value is -2.45. The molecule has 0 bridgehead atoms. The quantitative estimate of drug-likeness (QED) is 0.668. The molecule has 0 aliphatic heterocycles. The fraction of sp³-hybridized carbons (Fsp3) is 0.435. The van der Waals surface area contributed by atoms with Gasteiger partial charge in [0.15, 0.2) is 0 Å². The molecule has 0 radical (unpaired) electrons. The van der Waals surface area contributed by atoms with E-state index in [1.807, 2.05) is 0 Å². The monoisotopic (exact) mass is 446 g/mol. The zero-order valence-corrected chi connectivity index (χ0v) is 18.3. The normalized spacial score (nSPS) is 17.0. The van der Waals surface area contributed by atoms with Gasteiger partial charge in [-0.05, 0) is 61.6 Å². The summed E-state index contributed by atoms with van der Waals surface area (Å²) < 4.78 is 47.3. The zero-order valence-electron chi connectivity index (χ0n) is 17.5. The largest absolute Gasteiger partial charge is 0.495 e. The predicted molar refractivity (Wildman–Crippen MR) is 115 cm³/mol. The molecule has 0 unspecified atom stereocenters. The van der Waals surface area contributed by atoms with Crippen LogP contribution < -0.4 is 9.46 Å². The number of rotatable bonds is 8. The lowest BCUT2D eigenvalue weighted by Crippen LogP contribution is -2.34. The van der Waals surface area contributed by atoms with Gasteiger partial charge in [-0.2, -0.15) is 0 Å². The van der Waals surface area contributed by atoms with E-state index in [0.29, 0.717) is 12.1 Å². The van der Waals surface area contributed by atoms with Crippen LogP contribution in [0.15, 0.2) is 47.4 Å². The highest BCUT2D eigenvalue weighted by molar-refractivity contribution is 7.89. The number of amides is 1. The molecule has 1 amide bonds. The number of nitrogens with one attached hydrogen (secondary N) is 1. The Balaban J connectivity index is 1.61. The Kier molecular flexibility index (Phi) is 6.29. The zero-order chi connectivity index (χ0) is 22.0. The number of hydrogen-bond acceptors (Lipinski definition) is 4. The van der Waals surface area contributed by atoms with Crippen LogP contribution in [0.2, 0.25) is 0 Å². The van der Waals surface area contributed by atoms with E-state index in [1.54, 1.807) is 23.1 Å². The molecule has 1 N–H and O–H groups in total. The second kappa shape index (κ2) is 8.96. The van der Waals surface area contributed by atoms with E-state index in [0.717, 1.165) is 44.1 Å². The first kappa shape index (κ1) is 21.8. The number of benzene rings is 2. The van der Waals surface area contributed by atoms with Gasteiger partial charge in [0, 0.05) is 24.2 Å². The van der Waals surface area contributed by atoms with Gasteiger partial charge in [-0.15, -0.1) is 0 Å². The lowest BCUT2D eigenvalue weighted by molar-refractivity contribution is 0.0729. The van der Waals surface area contributed by atoms with Gasteiger partial charge in [-0.3, -0.25) is 4.79 Å². The van der Waals surface area contributed by atoms with Crippen LogP contribution in [0.5, 0.6) is 5.75 Å². The summed E-state index contributed by atoms with van der Waals surface area (Å²) in [4.78, 5) is 15.0. The molecule has 0 atom stereocenters. The van der Waals surface area contributed by atoms with Crippen LogP contribution in [0.3, 0.4) is 0 Å². The van der Waals surface area contributed by atoms with Gasteiger partial charge in [0.1, 0.15) is 16.5 Å². The lowest BCUT2D eigenvalue weighted by Gasteiger charge is -2.23. The maximum absolute atomic E-state index is 13.3. The number of carbonyl (C=O) groups is 1. The van der Waals surface area contributed by atoms with Crippen molar-refractivity contribution in [3.05, 3.63) is 59.4 Å². The van der Waals surface area contributed by atoms with Crippen LogP contribution in [-0.4, -0.2) is 38.4 Å². The second-order valence-corrected chi connectivity index (χ2v) is 9.94. The lowest BCUT2D eigenvalue weighted by atomic mass is 10.1. The van der Waals surface area contributed by atoms with Crippen LogP contribution in [0.4, 0.5) is 4.39 Å². The molecule has 0 saturated heterocycles. The molecule has 31 heavy (non-hydrogen) atoms. The molecule has 4 rings (SSSR count). The van der Waals surface area contributed by atoms with Crippen LogP contribution in [0.1, 0.15) is 54.4 Å². The smallest absolute Gasteiger partial charge is 0.254 e. The molecule has 0 spiro atoms. The van der Waals surface area contributed by atoms with Crippen molar-refractivity contribution in [3.63, 3.8) is 0 Å². The summed E-state index contributed by atoms with van der Waals surface area (Å²) in [6.45, 7) is 0.345. The second-order valence-electron chi connectivity index (χ2n) is 8.26. The first-order valence-electron chi connectivity index (χ1n) is 10.6. The minimum absolute atomic E-state index is 0.0229. The summed E-state index contributed by atoms with van der Waals surface area (Å²) in [6, 6.07) is 10.6. The van der Waals surface area contributed by atoms with Gasteiger partial charge in [-0.1, -0.05) is 25.0 Å². The summed E-state index contributed by atoms with van der Waals surface area (Å²) in [6.07, 6.45) is 5.43. The molecule has 166 valence electrons. The van der Waals surface area contributed by atoms with Gasteiger partial charge < -0.3 is 9.64 Å².